The molecule has 148 valence electrons. The maximum absolute atomic E-state index is 11.8. The second-order valence-corrected chi connectivity index (χ2v) is 5.97. The Kier molecular flexibility index (Phi) is 7.77. The Morgan fingerprint density at radius 3 is 2.39 bits per heavy atom. The number of nitro groups is 1. The second-order valence-electron chi connectivity index (χ2n) is 5.97. The van der Waals surface area contributed by atoms with Gasteiger partial charge >= 0.3 is 12.1 Å². The number of rotatable bonds is 10. The second kappa shape index (κ2) is 10.5. The summed E-state index contributed by atoms with van der Waals surface area (Å²) in [5.74, 6) is -1.15. The van der Waals surface area contributed by atoms with Gasteiger partial charge in [-0.05, 0) is 30.5 Å². The lowest BCUT2D eigenvalue weighted by atomic mass is 10.1. The molecule has 1 unspecified atom stereocenters. The van der Waals surface area contributed by atoms with Crippen molar-refractivity contribution in [3.63, 3.8) is 0 Å². The average Bonchev–Trinajstić information content (AvgIpc) is 2.69. The highest BCUT2D eigenvalue weighted by atomic mass is 16.6. The number of nitrogens with one attached hydrogen (secondary N) is 2. The molecule has 0 aliphatic rings. The Balaban J connectivity index is 1.72. The minimum atomic E-state index is -1.15. The average molecular weight is 387 g/mol. The zero-order valence-electron chi connectivity index (χ0n) is 15.0. The quantitative estimate of drug-likeness (QED) is 0.324. The van der Waals surface area contributed by atoms with Crippen LogP contribution in [-0.4, -0.2) is 34.7 Å². The first-order chi connectivity index (χ1) is 13.5. The first-order valence-electron chi connectivity index (χ1n) is 8.64. The first kappa shape index (κ1) is 20.7. The molecule has 0 heterocycles. The molecule has 0 aliphatic carbocycles. The smallest absolute Gasteiger partial charge is 0.408 e. The van der Waals surface area contributed by atoms with E-state index in [0.717, 1.165) is 5.56 Å². The van der Waals surface area contributed by atoms with E-state index >= 15 is 0 Å². The summed E-state index contributed by atoms with van der Waals surface area (Å²) in [4.78, 5) is 33.3. The Bertz CT molecular complexity index is 795. The van der Waals surface area contributed by atoms with E-state index in [-0.39, 0.29) is 18.7 Å². The Labute approximate surface area is 161 Å². The highest BCUT2D eigenvalue weighted by molar-refractivity contribution is 5.79. The summed E-state index contributed by atoms with van der Waals surface area (Å²) < 4.78 is 5.03. The molecule has 1 amide bonds. The van der Waals surface area contributed by atoms with Gasteiger partial charge < -0.3 is 20.5 Å². The van der Waals surface area contributed by atoms with Crippen LogP contribution in [0.4, 0.5) is 16.2 Å². The molecule has 9 heteroatoms. The molecule has 28 heavy (non-hydrogen) atoms. The number of anilines is 1. The fourth-order valence-corrected chi connectivity index (χ4v) is 2.40. The van der Waals surface area contributed by atoms with Crippen molar-refractivity contribution in [3.05, 3.63) is 70.3 Å². The number of benzene rings is 2. The maximum Gasteiger partial charge on any atom is 0.408 e. The number of hydrogen-bond acceptors (Lipinski definition) is 6. The number of carbonyl (C=O) groups is 2. The standard InChI is InChI=1S/C19H21N3O6/c23-18(24)17(21-19(25)28-13-14-5-2-1-3-6-14)7-4-12-20-15-8-10-16(11-9-15)22(26)27/h1-3,5-6,8-11,17,20H,4,7,12-13H2,(H,21,25)(H,23,24). The van der Waals surface area contributed by atoms with Gasteiger partial charge in [0.2, 0.25) is 0 Å². The van der Waals surface area contributed by atoms with Gasteiger partial charge in [0.1, 0.15) is 12.6 Å². The van der Waals surface area contributed by atoms with Crippen molar-refractivity contribution in [2.45, 2.75) is 25.5 Å². The van der Waals surface area contributed by atoms with Crippen molar-refractivity contribution < 1.29 is 24.4 Å². The van der Waals surface area contributed by atoms with Gasteiger partial charge in [-0.3, -0.25) is 10.1 Å². The van der Waals surface area contributed by atoms with Crippen LogP contribution in [0.5, 0.6) is 0 Å². The van der Waals surface area contributed by atoms with Crippen molar-refractivity contribution in [1.82, 2.24) is 5.32 Å². The summed E-state index contributed by atoms with van der Waals surface area (Å²) in [6, 6.07) is 13.9. The Hall–Kier alpha value is -3.62. The third kappa shape index (κ3) is 6.94. The van der Waals surface area contributed by atoms with Gasteiger partial charge in [0.15, 0.2) is 0 Å². The molecule has 0 bridgehead atoms. The van der Waals surface area contributed by atoms with Crippen LogP contribution in [0.15, 0.2) is 54.6 Å². The Morgan fingerprint density at radius 1 is 1.11 bits per heavy atom. The molecule has 2 aromatic rings. The van der Waals surface area contributed by atoms with E-state index in [9.17, 15) is 24.8 Å². The molecule has 3 N–H and O–H groups in total. The summed E-state index contributed by atoms with van der Waals surface area (Å²) in [7, 11) is 0. The number of carbonyl (C=O) groups excluding carboxylic acids is 1. The molecule has 2 rings (SSSR count). The summed E-state index contributed by atoms with van der Waals surface area (Å²) in [6.45, 7) is 0.503. The van der Waals surface area contributed by atoms with Gasteiger partial charge in [-0.2, -0.15) is 0 Å². The van der Waals surface area contributed by atoms with Crippen LogP contribution in [0, 0.1) is 10.1 Å². The minimum Gasteiger partial charge on any atom is -0.480 e. The summed E-state index contributed by atoms with van der Waals surface area (Å²) >= 11 is 0. The largest absolute Gasteiger partial charge is 0.480 e. The zero-order valence-corrected chi connectivity index (χ0v) is 15.0. The number of aliphatic carboxylic acids is 1. The van der Waals surface area contributed by atoms with Crippen LogP contribution in [0.25, 0.3) is 0 Å². The van der Waals surface area contributed by atoms with E-state index in [1.165, 1.54) is 12.1 Å². The molecule has 0 spiro atoms. The summed E-state index contributed by atoms with van der Waals surface area (Å²) in [5.41, 5.74) is 1.49. The molecule has 2 aromatic carbocycles. The van der Waals surface area contributed by atoms with E-state index in [2.05, 4.69) is 10.6 Å². The van der Waals surface area contributed by atoms with Gasteiger partial charge in [-0.1, -0.05) is 30.3 Å². The molecule has 0 aromatic heterocycles. The predicted molar refractivity (Wildman–Crippen MR) is 102 cm³/mol. The lowest BCUT2D eigenvalue weighted by molar-refractivity contribution is -0.384. The van der Waals surface area contributed by atoms with Gasteiger partial charge in [0.25, 0.3) is 5.69 Å². The zero-order chi connectivity index (χ0) is 20.4. The molecular formula is C19H21N3O6. The molecule has 0 aliphatic heterocycles. The van der Waals surface area contributed by atoms with Gasteiger partial charge in [-0.15, -0.1) is 0 Å². The number of alkyl carbamates (subject to hydrolysis) is 1. The highest BCUT2D eigenvalue weighted by Gasteiger charge is 2.20. The number of hydrogen-bond donors (Lipinski definition) is 3. The fourth-order valence-electron chi connectivity index (χ4n) is 2.40. The lowest BCUT2D eigenvalue weighted by Gasteiger charge is -2.15. The van der Waals surface area contributed by atoms with Crippen LogP contribution < -0.4 is 10.6 Å². The molecular weight excluding hydrogens is 366 g/mol. The van der Waals surface area contributed by atoms with E-state index in [1.54, 1.807) is 24.3 Å². The van der Waals surface area contributed by atoms with Crippen LogP contribution in [0.3, 0.4) is 0 Å². The fraction of sp³-hybridized carbons (Fsp3) is 0.263. The maximum atomic E-state index is 11.8. The van der Waals surface area contributed by atoms with Gasteiger partial charge in [-0.25, -0.2) is 9.59 Å². The number of ether oxygens (including phenoxy) is 1. The van der Waals surface area contributed by atoms with E-state index in [1.807, 2.05) is 18.2 Å². The third-order valence-electron chi connectivity index (χ3n) is 3.88. The topological polar surface area (TPSA) is 131 Å². The van der Waals surface area contributed by atoms with Crippen LogP contribution in [-0.2, 0) is 16.1 Å². The highest BCUT2D eigenvalue weighted by Crippen LogP contribution is 2.15. The van der Waals surface area contributed by atoms with Crippen molar-refractivity contribution in [2.75, 3.05) is 11.9 Å². The number of amides is 1. The van der Waals surface area contributed by atoms with E-state index < -0.39 is 23.0 Å². The molecule has 0 saturated carbocycles. The monoisotopic (exact) mass is 387 g/mol. The molecule has 9 nitrogen and oxygen atoms in total. The number of carboxylic acids is 1. The predicted octanol–water partition coefficient (Wildman–Crippen LogP) is 3.17. The third-order valence-corrected chi connectivity index (χ3v) is 3.88. The van der Waals surface area contributed by atoms with Crippen LogP contribution in [0.2, 0.25) is 0 Å². The lowest BCUT2D eigenvalue weighted by Crippen LogP contribution is -2.41. The van der Waals surface area contributed by atoms with E-state index in [0.29, 0.717) is 18.7 Å². The molecule has 1 atom stereocenters. The van der Waals surface area contributed by atoms with Crippen molar-refractivity contribution in [3.8, 4) is 0 Å². The molecule has 0 radical (unpaired) electrons. The van der Waals surface area contributed by atoms with Gasteiger partial charge in [0.05, 0.1) is 4.92 Å². The van der Waals surface area contributed by atoms with Crippen LogP contribution >= 0.6 is 0 Å². The molecule has 0 saturated heterocycles. The Morgan fingerprint density at radius 2 is 1.79 bits per heavy atom. The van der Waals surface area contributed by atoms with Crippen molar-refractivity contribution in [2.24, 2.45) is 0 Å². The van der Waals surface area contributed by atoms with Crippen LogP contribution in [0.1, 0.15) is 18.4 Å². The SMILES string of the molecule is O=C(NC(CCCNc1ccc([N+](=O)[O-])cc1)C(=O)O)OCc1ccccc1. The van der Waals surface area contributed by atoms with Gasteiger partial charge in [0, 0.05) is 24.4 Å². The summed E-state index contributed by atoms with van der Waals surface area (Å²) in [5, 5.41) is 25.3. The molecule has 0 fully saturated rings. The number of nitro benzene ring substituents is 1. The van der Waals surface area contributed by atoms with Crippen molar-refractivity contribution >= 4 is 23.4 Å². The normalized spacial score (nSPS) is 11.3. The minimum absolute atomic E-state index is 0.00490. The number of carboxylic acid groups (broad SMARTS) is 1. The van der Waals surface area contributed by atoms with E-state index in [4.69, 9.17) is 4.74 Å². The first-order valence-corrected chi connectivity index (χ1v) is 8.64. The number of non-ortho nitro benzene ring substituents is 1. The van der Waals surface area contributed by atoms with Crippen molar-refractivity contribution in [1.29, 1.82) is 0 Å². The number of nitrogens with zero attached hydrogens (tertiary/aromatic N) is 1. The summed E-state index contributed by atoms with van der Waals surface area (Å²) in [6.07, 6.45) is -0.123.